The third kappa shape index (κ3) is 3.17. The van der Waals surface area contributed by atoms with Gasteiger partial charge in [0.15, 0.2) is 0 Å². The van der Waals surface area contributed by atoms with Crippen molar-refractivity contribution in [3.05, 3.63) is 46.0 Å². The lowest BCUT2D eigenvalue weighted by Crippen LogP contribution is -2.10. The zero-order valence-electron chi connectivity index (χ0n) is 11.6. The Hall–Kier alpha value is -1.75. The summed E-state index contributed by atoms with van der Waals surface area (Å²) in [6.07, 6.45) is 1.78. The number of aryl methyl sites for hydroxylation is 1. The number of hydrogen-bond acceptors (Lipinski definition) is 3. The quantitative estimate of drug-likeness (QED) is 0.673. The van der Waals surface area contributed by atoms with E-state index in [9.17, 15) is 0 Å². The van der Waals surface area contributed by atoms with Gasteiger partial charge < -0.3 is 0 Å². The van der Waals surface area contributed by atoms with E-state index in [1.54, 1.807) is 10.9 Å². The highest BCUT2D eigenvalue weighted by atomic mass is 32.1. The summed E-state index contributed by atoms with van der Waals surface area (Å²) < 4.78 is 2.10. The van der Waals surface area contributed by atoms with E-state index in [0.29, 0.717) is 4.77 Å². The molecule has 0 radical (unpaired) electrons. The lowest BCUT2D eigenvalue weighted by molar-refractivity contribution is 0.590. The molecule has 0 aliphatic carbocycles. The molecule has 1 aromatic carbocycles. The van der Waals surface area contributed by atoms with Crippen LogP contribution in [0.2, 0.25) is 0 Å². The number of rotatable bonds is 2. The first-order valence-corrected chi connectivity index (χ1v) is 6.58. The number of aromatic amines is 1. The van der Waals surface area contributed by atoms with Gasteiger partial charge in [0.1, 0.15) is 5.82 Å². The van der Waals surface area contributed by atoms with E-state index in [-0.39, 0.29) is 5.41 Å². The molecule has 1 aromatic heterocycles. The summed E-state index contributed by atoms with van der Waals surface area (Å²) in [6.45, 7) is 8.45. The third-order valence-electron chi connectivity index (χ3n) is 2.91. The van der Waals surface area contributed by atoms with E-state index < -0.39 is 0 Å². The molecule has 5 heteroatoms. The number of benzene rings is 1. The van der Waals surface area contributed by atoms with Crippen molar-refractivity contribution < 1.29 is 0 Å². The fraction of sp³-hybridized carbons (Fsp3) is 0.357. The lowest BCUT2D eigenvalue weighted by Gasteiger charge is -2.18. The summed E-state index contributed by atoms with van der Waals surface area (Å²) >= 11 is 5.09. The maximum Gasteiger partial charge on any atom is 0.216 e. The van der Waals surface area contributed by atoms with Crippen molar-refractivity contribution in [3.8, 4) is 0 Å². The molecular weight excluding hydrogens is 256 g/mol. The maximum atomic E-state index is 5.09. The Morgan fingerprint density at radius 2 is 1.89 bits per heavy atom. The molecule has 1 N–H and O–H groups in total. The smallest absolute Gasteiger partial charge is 0.216 e. The average Bonchev–Trinajstić information content (AvgIpc) is 2.66. The summed E-state index contributed by atoms with van der Waals surface area (Å²) in [4.78, 5) is 0. The molecule has 2 rings (SSSR count). The van der Waals surface area contributed by atoms with Crippen molar-refractivity contribution >= 4 is 18.4 Å². The topological polar surface area (TPSA) is 46.0 Å². The number of H-pyrrole nitrogens is 1. The van der Waals surface area contributed by atoms with Gasteiger partial charge >= 0.3 is 0 Å². The molecular formula is C14H18N4S. The molecule has 0 fully saturated rings. The van der Waals surface area contributed by atoms with E-state index in [4.69, 9.17) is 12.2 Å². The van der Waals surface area contributed by atoms with Crippen molar-refractivity contribution in [2.45, 2.75) is 33.1 Å². The molecule has 0 spiro atoms. The second-order valence-electron chi connectivity index (χ2n) is 5.50. The van der Waals surface area contributed by atoms with Gasteiger partial charge in [0.2, 0.25) is 4.77 Å². The monoisotopic (exact) mass is 274 g/mol. The Morgan fingerprint density at radius 3 is 2.37 bits per heavy atom. The third-order valence-corrected chi connectivity index (χ3v) is 3.18. The van der Waals surface area contributed by atoms with Crippen molar-refractivity contribution in [2.24, 2.45) is 5.10 Å². The zero-order chi connectivity index (χ0) is 14.0. The second-order valence-corrected chi connectivity index (χ2v) is 5.89. The summed E-state index contributed by atoms with van der Waals surface area (Å²) in [6, 6.07) is 8.37. The number of nitrogens with one attached hydrogen (secondary N) is 1. The number of hydrogen-bond donors (Lipinski definition) is 1. The van der Waals surface area contributed by atoms with Crippen LogP contribution in [0, 0.1) is 11.7 Å². The van der Waals surface area contributed by atoms with Gasteiger partial charge in [-0.15, -0.1) is 0 Å². The molecule has 0 aliphatic rings. The van der Waals surface area contributed by atoms with E-state index in [0.717, 1.165) is 11.4 Å². The Bertz CT molecular complexity index is 641. The second kappa shape index (κ2) is 5.09. The predicted molar refractivity (Wildman–Crippen MR) is 80.3 cm³/mol. The molecule has 0 bridgehead atoms. The molecule has 0 atom stereocenters. The molecule has 19 heavy (non-hydrogen) atoms. The van der Waals surface area contributed by atoms with Crippen LogP contribution in [0.25, 0.3) is 0 Å². The molecule has 0 amide bonds. The van der Waals surface area contributed by atoms with Gasteiger partial charge in [-0.3, -0.25) is 5.10 Å². The van der Waals surface area contributed by atoms with E-state index >= 15 is 0 Å². The number of nitrogens with zero attached hydrogens (tertiary/aromatic N) is 3. The van der Waals surface area contributed by atoms with Crippen LogP contribution in [0.5, 0.6) is 0 Å². The Balaban J connectivity index is 2.23. The van der Waals surface area contributed by atoms with Crippen LogP contribution in [0.4, 0.5) is 0 Å². The first-order valence-electron chi connectivity index (χ1n) is 6.17. The summed E-state index contributed by atoms with van der Waals surface area (Å²) in [5.74, 6) is 0.743. The van der Waals surface area contributed by atoms with Crippen molar-refractivity contribution in [1.82, 2.24) is 14.9 Å². The average molecular weight is 274 g/mol. The molecule has 0 aliphatic heterocycles. The van der Waals surface area contributed by atoms with Crippen LogP contribution >= 0.6 is 12.2 Å². The summed E-state index contributed by atoms with van der Waals surface area (Å²) in [5.41, 5.74) is 2.51. The van der Waals surface area contributed by atoms with Crippen molar-refractivity contribution in [2.75, 3.05) is 0 Å². The Kier molecular flexibility index (Phi) is 3.66. The van der Waals surface area contributed by atoms with Gasteiger partial charge in [0.25, 0.3) is 0 Å². The standard InChI is InChI=1S/C14H18N4S/c1-10-16-17-13(19)18(10)15-9-11-5-7-12(8-6-11)14(2,3)4/h5-9H,1-4H3,(H,17,19)/b15-9-. The normalized spacial score (nSPS) is 12.2. The molecule has 100 valence electrons. The van der Waals surface area contributed by atoms with Gasteiger partial charge in [-0.05, 0) is 35.7 Å². The molecule has 4 nitrogen and oxygen atoms in total. The van der Waals surface area contributed by atoms with Crippen LogP contribution in [-0.2, 0) is 5.41 Å². The van der Waals surface area contributed by atoms with Gasteiger partial charge in [-0.25, -0.2) is 0 Å². The van der Waals surface area contributed by atoms with Gasteiger partial charge in [0, 0.05) is 0 Å². The maximum absolute atomic E-state index is 5.09. The van der Waals surface area contributed by atoms with Crippen LogP contribution < -0.4 is 0 Å². The first-order chi connectivity index (χ1) is 8.88. The van der Waals surface area contributed by atoms with Gasteiger partial charge in [-0.2, -0.15) is 14.9 Å². The molecule has 1 heterocycles. The fourth-order valence-electron chi connectivity index (χ4n) is 1.70. The minimum absolute atomic E-state index is 0.166. The van der Waals surface area contributed by atoms with E-state index in [1.165, 1.54) is 5.56 Å². The fourth-order valence-corrected chi connectivity index (χ4v) is 1.92. The van der Waals surface area contributed by atoms with Crippen molar-refractivity contribution in [3.63, 3.8) is 0 Å². The lowest BCUT2D eigenvalue weighted by atomic mass is 9.87. The van der Waals surface area contributed by atoms with Gasteiger partial charge in [0.05, 0.1) is 6.21 Å². The SMILES string of the molecule is Cc1n[nH]c(=S)n1/N=C\c1ccc(C(C)(C)C)cc1. The zero-order valence-corrected chi connectivity index (χ0v) is 12.5. The minimum atomic E-state index is 0.166. The molecule has 0 saturated carbocycles. The molecule has 2 aromatic rings. The first kappa shape index (κ1) is 13.7. The molecule has 0 unspecified atom stereocenters. The van der Waals surface area contributed by atoms with Crippen LogP contribution in [0.15, 0.2) is 29.4 Å². The van der Waals surface area contributed by atoms with E-state index in [1.807, 2.05) is 6.92 Å². The summed E-state index contributed by atoms with van der Waals surface area (Å²) in [7, 11) is 0. The van der Waals surface area contributed by atoms with Gasteiger partial charge in [-0.1, -0.05) is 45.0 Å². The van der Waals surface area contributed by atoms with Crippen molar-refractivity contribution in [1.29, 1.82) is 0 Å². The predicted octanol–water partition coefficient (Wildman–Crippen LogP) is 3.43. The van der Waals surface area contributed by atoms with Crippen LogP contribution in [0.3, 0.4) is 0 Å². The Morgan fingerprint density at radius 1 is 1.26 bits per heavy atom. The Labute approximate surface area is 118 Å². The van der Waals surface area contributed by atoms with Crippen LogP contribution in [-0.4, -0.2) is 21.1 Å². The minimum Gasteiger partial charge on any atom is -0.250 e. The highest BCUT2D eigenvalue weighted by Crippen LogP contribution is 2.21. The highest BCUT2D eigenvalue weighted by molar-refractivity contribution is 7.71. The summed E-state index contributed by atoms with van der Waals surface area (Å²) in [5, 5.41) is 11.0. The number of aromatic nitrogens is 3. The molecule has 0 saturated heterocycles. The largest absolute Gasteiger partial charge is 0.250 e. The van der Waals surface area contributed by atoms with E-state index in [2.05, 4.69) is 60.3 Å². The van der Waals surface area contributed by atoms with Crippen LogP contribution in [0.1, 0.15) is 37.7 Å². The highest BCUT2D eigenvalue weighted by Gasteiger charge is 2.12.